The van der Waals surface area contributed by atoms with Gasteiger partial charge in [-0.05, 0) is 59.7 Å². The highest BCUT2D eigenvalue weighted by Gasteiger charge is 2.19. The first kappa shape index (κ1) is 23.3. The van der Waals surface area contributed by atoms with E-state index in [0.29, 0.717) is 23.7 Å². The Morgan fingerprint density at radius 3 is 2.26 bits per heavy atom. The quantitative estimate of drug-likeness (QED) is 0.317. The molecule has 0 saturated carbocycles. The van der Waals surface area contributed by atoms with Crippen LogP contribution < -0.4 is 4.90 Å². The topological polar surface area (TPSA) is 53.8 Å². The summed E-state index contributed by atoms with van der Waals surface area (Å²) >= 11 is 6.02. The molecule has 4 rings (SSSR count). The summed E-state index contributed by atoms with van der Waals surface area (Å²) in [6.07, 6.45) is 1.81. The second kappa shape index (κ2) is 10.9. The van der Waals surface area contributed by atoms with Crippen molar-refractivity contribution in [2.45, 2.75) is 19.5 Å². The van der Waals surface area contributed by atoms with Crippen LogP contribution in [0.4, 0.5) is 5.69 Å². The molecule has 3 aromatic carbocycles. The van der Waals surface area contributed by atoms with Crippen molar-refractivity contribution in [1.29, 1.82) is 0 Å². The minimum atomic E-state index is -0.140. The fraction of sp³-hybridized carbons (Fsp3) is 0.143. The number of benzene rings is 3. The Bertz CT molecular complexity index is 1240. The Labute approximate surface area is 204 Å². The van der Waals surface area contributed by atoms with Crippen molar-refractivity contribution in [2.75, 3.05) is 11.9 Å². The summed E-state index contributed by atoms with van der Waals surface area (Å²) in [5, 5.41) is 0.574. The maximum Gasteiger partial charge on any atom is 0.258 e. The molecule has 4 aromatic rings. The van der Waals surface area contributed by atoms with Crippen LogP contribution in [0.15, 0.2) is 102 Å². The largest absolute Gasteiger partial charge is 0.467 e. The molecule has 0 bridgehead atoms. The lowest BCUT2D eigenvalue weighted by atomic mass is 10.1. The van der Waals surface area contributed by atoms with Crippen molar-refractivity contribution in [1.82, 2.24) is 4.90 Å². The van der Waals surface area contributed by atoms with E-state index in [4.69, 9.17) is 16.0 Å². The van der Waals surface area contributed by atoms with Crippen molar-refractivity contribution < 1.29 is 14.0 Å². The number of rotatable bonds is 8. The summed E-state index contributed by atoms with van der Waals surface area (Å²) in [5.74, 6) is 0.554. The summed E-state index contributed by atoms with van der Waals surface area (Å²) in [7, 11) is 1.75. The Morgan fingerprint density at radius 2 is 1.56 bits per heavy atom. The lowest BCUT2D eigenvalue weighted by molar-refractivity contribution is -0.129. The molecule has 0 aliphatic carbocycles. The summed E-state index contributed by atoms with van der Waals surface area (Å²) < 4.78 is 5.34. The molecule has 0 atom stereocenters. The van der Waals surface area contributed by atoms with E-state index < -0.39 is 0 Å². The zero-order valence-electron chi connectivity index (χ0n) is 18.9. The molecule has 2 amide bonds. The van der Waals surface area contributed by atoms with Gasteiger partial charge in [-0.3, -0.25) is 9.59 Å². The number of hydrogen-bond donors (Lipinski definition) is 0. The Balaban J connectivity index is 1.57. The highest BCUT2D eigenvalue weighted by Crippen LogP contribution is 2.23. The summed E-state index contributed by atoms with van der Waals surface area (Å²) in [6, 6.07) is 27.9. The molecule has 0 aliphatic rings. The number of halogens is 1. The third kappa shape index (κ3) is 5.94. The molecule has 6 heteroatoms. The molecule has 0 unspecified atom stereocenters. The highest BCUT2D eigenvalue weighted by atomic mass is 35.5. The third-order valence-electron chi connectivity index (χ3n) is 5.50. The molecule has 0 spiro atoms. The summed E-state index contributed by atoms with van der Waals surface area (Å²) in [6.45, 7) is 0.804. The highest BCUT2D eigenvalue weighted by molar-refractivity contribution is 6.30. The van der Waals surface area contributed by atoms with Crippen molar-refractivity contribution in [3.05, 3.63) is 125 Å². The SMILES string of the molecule is CN(Cc1ccco1)C(=O)Cc1cccc(N(Cc2ccccc2)C(=O)c2ccc(Cl)cc2)c1. The average Bonchev–Trinajstić information content (AvgIpc) is 3.36. The molecule has 0 aliphatic heterocycles. The van der Waals surface area contributed by atoms with Crippen molar-refractivity contribution in [3.8, 4) is 0 Å². The zero-order valence-corrected chi connectivity index (χ0v) is 19.6. The molecule has 5 nitrogen and oxygen atoms in total. The van der Waals surface area contributed by atoms with Gasteiger partial charge >= 0.3 is 0 Å². The second-order valence-corrected chi connectivity index (χ2v) is 8.50. The van der Waals surface area contributed by atoms with Crippen molar-refractivity contribution in [2.24, 2.45) is 0 Å². The van der Waals surface area contributed by atoms with Crippen molar-refractivity contribution >= 4 is 29.1 Å². The minimum Gasteiger partial charge on any atom is -0.467 e. The standard InChI is InChI=1S/C28H25ClN2O3/c1-30(20-26-11-6-16-34-26)27(32)18-22-9-5-10-25(17-22)31(19-21-7-3-2-4-8-21)28(33)23-12-14-24(29)15-13-23/h2-17H,18-20H2,1H3. The number of nitrogens with zero attached hydrogens (tertiary/aromatic N) is 2. The van der Waals surface area contributed by atoms with Crippen molar-refractivity contribution in [3.63, 3.8) is 0 Å². The predicted molar refractivity (Wildman–Crippen MR) is 134 cm³/mol. The third-order valence-corrected chi connectivity index (χ3v) is 5.75. The van der Waals surface area contributed by atoms with Gasteiger partial charge in [0.15, 0.2) is 0 Å². The number of furan rings is 1. The maximum absolute atomic E-state index is 13.5. The molecular formula is C28H25ClN2O3. The first-order valence-electron chi connectivity index (χ1n) is 11.0. The molecule has 0 fully saturated rings. The Morgan fingerprint density at radius 1 is 0.824 bits per heavy atom. The van der Waals surface area contributed by atoms with Crippen LogP contribution in [0.5, 0.6) is 0 Å². The van der Waals surface area contributed by atoms with E-state index in [9.17, 15) is 9.59 Å². The van der Waals surface area contributed by atoms with E-state index in [1.807, 2.05) is 60.7 Å². The van der Waals surface area contributed by atoms with Gasteiger partial charge in [-0.15, -0.1) is 0 Å². The van der Waals surface area contributed by atoms with Gasteiger partial charge in [0.2, 0.25) is 5.91 Å². The number of carbonyl (C=O) groups excluding carboxylic acids is 2. The van der Waals surface area contributed by atoms with Crippen LogP contribution in [-0.2, 0) is 24.3 Å². The molecule has 1 aromatic heterocycles. The fourth-order valence-electron chi connectivity index (χ4n) is 3.66. The number of likely N-dealkylation sites (N-methyl/N-ethyl adjacent to an activating group) is 1. The second-order valence-electron chi connectivity index (χ2n) is 8.06. The molecule has 0 saturated heterocycles. The van der Waals surface area contributed by atoms with Gasteiger partial charge < -0.3 is 14.2 Å². The minimum absolute atomic E-state index is 0.0350. The average molecular weight is 473 g/mol. The van der Waals surface area contributed by atoms with Crippen LogP contribution in [-0.4, -0.2) is 23.8 Å². The van der Waals surface area contributed by atoms with Gasteiger partial charge in [-0.2, -0.15) is 0 Å². The van der Waals surface area contributed by atoms with E-state index in [1.54, 1.807) is 53.4 Å². The molecule has 0 radical (unpaired) electrons. The Kier molecular flexibility index (Phi) is 7.45. The maximum atomic E-state index is 13.5. The zero-order chi connectivity index (χ0) is 23.9. The fourth-order valence-corrected chi connectivity index (χ4v) is 3.79. The van der Waals surface area contributed by atoms with Gasteiger partial charge in [0, 0.05) is 23.3 Å². The molecule has 172 valence electrons. The first-order chi connectivity index (χ1) is 16.5. The molecule has 1 heterocycles. The van der Waals surface area contributed by atoms with Crippen LogP contribution in [0.3, 0.4) is 0 Å². The number of carbonyl (C=O) groups is 2. The molecule has 0 N–H and O–H groups in total. The predicted octanol–water partition coefficient (Wildman–Crippen LogP) is 5.98. The lowest BCUT2D eigenvalue weighted by Crippen LogP contribution is -2.31. The monoisotopic (exact) mass is 472 g/mol. The van der Waals surface area contributed by atoms with Crippen LogP contribution in [0.25, 0.3) is 0 Å². The van der Waals surface area contributed by atoms with Gasteiger partial charge in [-0.1, -0.05) is 54.1 Å². The summed E-state index contributed by atoms with van der Waals surface area (Å²) in [4.78, 5) is 29.6. The number of anilines is 1. The van der Waals surface area contributed by atoms with E-state index in [2.05, 4.69) is 0 Å². The van der Waals surface area contributed by atoms with Gasteiger partial charge in [0.1, 0.15) is 5.76 Å². The normalized spacial score (nSPS) is 10.6. The van der Waals surface area contributed by atoms with Crippen LogP contribution in [0.2, 0.25) is 5.02 Å². The van der Waals surface area contributed by atoms with E-state index in [1.165, 1.54) is 0 Å². The van der Waals surface area contributed by atoms with Crippen LogP contribution >= 0.6 is 11.6 Å². The van der Waals surface area contributed by atoms with Crippen LogP contribution in [0.1, 0.15) is 27.2 Å². The van der Waals surface area contributed by atoms with Gasteiger partial charge in [-0.25, -0.2) is 0 Å². The van der Waals surface area contributed by atoms with E-state index in [-0.39, 0.29) is 18.2 Å². The molecular weight excluding hydrogens is 448 g/mol. The van der Waals surface area contributed by atoms with E-state index in [0.717, 1.165) is 22.6 Å². The Hall–Kier alpha value is -3.83. The molecule has 34 heavy (non-hydrogen) atoms. The smallest absolute Gasteiger partial charge is 0.258 e. The summed E-state index contributed by atoms with van der Waals surface area (Å²) in [5.41, 5.74) is 3.10. The van der Waals surface area contributed by atoms with Gasteiger partial charge in [0.25, 0.3) is 5.91 Å². The first-order valence-corrected chi connectivity index (χ1v) is 11.3. The van der Waals surface area contributed by atoms with Gasteiger partial charge in [0.05, 0.1) is 25.8 Å². The van der Waals surface area contributed by atoms with Crippen LogP contribution in [0, 0.1) is 0 Å². The van der Waals surface area contributed by atoms with E-state index >= 15 is 0 Å². The number of hydrogen-bond acceptors (Lipinski definition) is 3. The number of amides is 2. The lowest BCUT2D eigenvalue weighted by Gasteiger charge is -2.24.